The molecule has 0 aliphatic carbocycles. The molecule has 0 fully saturated rings. The van der Waals surface area contributed by atoms with E-state index in [-0.39, 0.29) is 0 Å². The van der Waals surface area contributed by atoms with Gasteiger partial charge in [0, 0.05) is 90.4 Å². The average Bonchev–Trinajstić information content (AvgIpc) is 1.56. The average molecular weight is 1370 g/mol. The van der Waals surface area contributed by atoms with Crippen molar-refractivity contribution in [3.63, 3.8) is 0 Å². The Kier molecular flexibility index (Phi) is 19.8. The van der Waals surface area contributed by atoms with Gasteiger partial charge in [-0.2, -0.15) is 0 Å². The van der Waals surface area contributed by atoms with Gasteiger partial charge in [-0.15, -0.1) is 0 Å². The lowest BCUT2D eigenvalue weighted by Crippen LogP contribution is -2.31. The second-order valence-corrected chi connectivity index (χ2v) is 29.7. The van der Waals surface area contributed by atoms with Crippen LogP contribution in [0.3, 0.4) is 0 Å². The molecule has 0 unspecified atom stereocenters. The number of fused-ring (bicyclic) bond motifs is 3. The summed E-state index contributed by atoms with van der Waals surface area (Å²) in [6, 6.07) is 70.2. The molecule has 15 aromatic rings. The number of hydrogen-bond acceptors (Lipinski definition) is 3. The van der Waals surface area contributed by atoms with Gasteiger partial charge in [-0.1, -0.05) is 143 Å². The van der Waals surface area contributed by atoms with Crippen LogP contribution in [0.15, 0.2) is 213 Å². The quantitative estimate of drug-likeness (QED) is 0.121. The number of pyridine rings is 3. The summed E-state index contributed by atoms with van der Waals surface area (Å²) in [7, 11) is 12.7. The molecular weight excluding hydrogens is 1270 g/mol. The highest BCUT2D eigenvalue weighted by Crippen LogP contribution is 2.42. The number of aryl methyl sites for hydroxylation is 14. The molecule has 0 saturated carbocycles. The highest BCUT2D eigenvalue weighted by Gasteiger charge is 2.26. The first-order valence-corrected chi connectivity index (χ1v) is 36.7. The molecule has 0 amide bonds. The Hall–Kier alpha value is -11.2. The van der Waals surface area contributed by atoms with Crippen LogP contribution in [-0.2, 0) is 42.3 Å². The zero-order chi connectivity index (χ0) is 73.9. The smallest absolute Gasteiger partial charge is 0.213 e. The van der Waals surface area contributed by atoms with E-state index in [0.29, 0.717) is 11.8 Å². The Labute approximate surface area is 616 Å². The number of nitrogens with zero attached hydrogens (tertiary/aromatic N) is 9. The topological polar surface area (TPSA) is 65.1 Å². The van der Waals surface area contributed by atoms with Crippen LogP contribution in [0.25, 0.3) is 134 Å². The van der Waals surface area contributed by atoms with Crippen molar-refractivity contribution in [3.8, 4) is 101 Å². The summed E-state index contributed by atoms with van der Waals surface area (Å²) >= 11 is 0. The van der Waals surface area contributed by atoms with Gasteiger partial charge in [-0.05, 0) is 237 Å². The molecule has 6 heterocycles. The maximum Gasteiger partial charge on any atom is 0.213 e. The van der Waals surface area contributed by atoms with Gasteiger partial charge in [0.1, 0.15) is 38.6 Å². The Bertz CT molecular complexity index is 5780. The van der Waals surface area contributed by atoms with Gasteiger partial charge >= 0.3 is 0 Å². The minimum absolute atomic E-state index is 0.454. The van der Waals surface area contributed by atoms with E-state index in [1.165, 1.54) is 173 Å². The third-order valence-electron chi connectivity index (χ3n) is 21.6. The maximum atomic E-state index is 5.18. The van der Waals surface area contributed by atoms with Crippen LogP contribution in [0.5, 0.6) is 0 Å². The van der Waals surface area contributed by atoms with E-state index in [4.69, 9.17) is 15.0 Å². The van der Waals surface area contributed by atoms with Gasteiger partial charge in [0.05, 0.1) is 33.1 Å². The van der Waals surface area contributed by atoms with E-state index in [0.717, 1.165) is 34.0 Å². The van der Waals surface area contributed by atoms with Crippen molar-refractivity contribution in [2.75, 3.05) is 0 Å². The largest absolute Gasteiger partial charge is 0.327 e. The molecule has 0 N–H and O–H groups in total. The van der Waals surface area contributed by atoms with E-state index in [9.17, 15) is 0 Å². The summed E-state index contributed by atoms with van der Waals surface area (Å²) in [5, 5.41) is 0. The summed E-state index contributed by atoms with van der Waals surface area (Å²) in [5.74, 6) is 3.94. The van der Waals surface area contributed by atoms with Crippen molar-refractivity contribution < 1.29 is 13.7 Å². The molecule has 0 bridgehead atoms. The fourth-order valence-electron chi connectivity index (χ4n) is 16.1. The lowest BCUT2D eigenvalue weighted by molar-refractivity contribution is -0.660. The molecule has 0 aliphatic heterocycles. The van der Waals surface area contributed by atoms with Crippen molar-refractivity contribution in [3.05, 3.63) is 285 Å². The Balaban J connectivity index is 0.000000139. The van der Waals surface area contributed by atoms with E-state index >= 15 is 0 Å². The van der Waals surface area contributed by atoms with Crippen molar-refractivity contribution in [2.24, 2.45) is 42.3 Å². The third-order valence-corrected chi connectivity index (χ3v) is 21.6. The second kappa shape index (κ2) is 28.9. The molecule has 9 heteroatoms. The predicted octanol–water partition coefficient (Wildman–Crippen LogP) is 21.8. The van der Waals surface area contributed by atoms with Crippen LogP contribution in [0.4, 0.5) is 0 Å². The summed E-state index contributed by atoms with van der Waals surface area (Å²) in [4.78, 5) is 15.4. The molecule has 0 spiro atoms. The number of imidazole rings is 3. The van der Waals surface area contributed by atoms with Crippen LogP contribution in [0.2, 0.25) is 0 Å². The highest BCUT2D eigenvalue weighted by atomic mass is 15.1. The minimum Gasteiger partial charge on any atom is -0.327 e. The zero-order valence-electron chi connectivity index (χ0n) is 64.9. The highest BCUT2D eigenvalue weighted by molar-refractivity contribution is 5.93. The first-order chi connectivity index (χ1) is 49.8. The molecular formula is C95H100N9+3. The fourth-order valence-corrected chi connectivity index (χ4v) is 16.1. The Morgan fingerprint density at radius 1 is 0.298 bits per heavy atom. The standard InChI is InChI=1S/C35H40N3.C31H32N3.C29H28N3/c1-21(2)27-12-10-13-28(22(3)4)33(27)26-16-17-37(8)31(20-26)29-14-11-15-30(25(29)7)35-36-34-24(6)18-23(5)19-32(34)38(35)9;1-19-16-22(4)30-28(17-19)34(7)31(32-30)26-13-9-12-25(23(26)5)27-15-14-24(18-33(27)6)29-20(2)10-8-11-21(29)3;1-19-18-26-28(21(3)27(19)22-12-7-6-8-13-22)30-29(32(26)5)24-15-11-14-23(20(24)2)25-16-9-10-17-31(25)4/h10-22H,1-9H3;8-18H,1-7H3;6-18H,1-5H3/q3*+1. The predicted molar refractivity (Wildman–Crippen MR) is 435 cm³/mol. The van der Waals surface area contributed by atoms with Gasteiger partial charge in [0.25, 0.3) is 0 Å². The monoisotopic (exact) mass is 1370 g/mol. The van der Waals surface area contributed by atoms with Gasteiger partial charge in [-0.25, -0.2) is 28.7 Å². The van der Waals surface area contributed by atoms with Crippen molar-refractivity contribution in [1.82, 2.24) is 28.7 Å². The Morgan fingerprint density at radius 3 is 1.22 bits per heavy atom. The third kappa shape index (κ3) is 13.2. The molecule has 522 valence electrons. The van der Waals surface area contributed by atoms with Crippen molar-refractivity contribution >= 4 is 33.1 Å². The Morgan fingerprint density at radius 2 is 0.731 bits per heavy atom. The number of benzene rings is 9. The van der Waals surface area contributed by atoms with Crippen molar-refractivity contribution in [2.45, 2.75) is 116 Å². The van der Waals surface area contributed by atoms with E-state index < -0.39 is 0 Å². The molecule has 104 heavy (non-hydrogen) atoms. The van der Waals surface area contributed by atoms with Gasteiger partial charge in [-0.3, -0.25) is 0 Å². The molecule has 9 aromatic carbocycles. The fraction of sp³-hybridized carbons (Fsp3) is 0.242. The normalized spacial score (nSPS) is 11.5. The SMILES string of the molecule is Cc1cc(C)c2nc(-c3cccc(-c4cc(-c5c(C(C)C)cccc5C(C)C)cc[n+]4C)c3C)n(C)c2c1.Cc1cc(C)c2nc(-c3cccc(-c4ccc(-c5c(C)cccc5C)c[n+]4C)c3C)n(C)c2c1.Cc1cc2c(nc(-c3cccc(-c4cccc[n+]4C)c3C)n2C)c(C)c1-c1ccccc1. The molecule has 0 aliphatic rings. The van der Waals surface area contributed by atoms with E-state index in [1.807, 2.05) is 0 Å². The van der Waals surface area contributed by atoms with Crippen LogP contribution < -0.4 is 13.7 Å². The second-order valence-electron chi connectivity index (χ2n) is 29.7. The van der Waals surface area contributed by atoms with Crippen LogP contribution in [0, 0.1) is 76.2 Å². The van der Waals surface area contributed by atoms with Crippen LogP contribution in [-0.4, -0.2) is 28.7 Å². The molecule has 6 aromatic heterocycles. The number of rotatable bonds is 11. The van der Waals surface area contributed by atoms with Gasteiger partial charge in [0.2, 0.25) is 17.1 Å². The summed E-state index contributed by atoms with van der Waals surface area (Å²) in [5.41, 5.74) is 42.0. The molecule has 9 nitrogen and oxygen atoms in total. The number of aromatic nitrogens is 9. The van der Waals surface area contributed by atoms with E-state index in [1.54, 1.807) is 0 Å². The molecule has 0 saturated heterocycles. The summed E-state index contributed by atoms with van der Waals surface area (Å²) in [6.07, 6.45) is 6.55. The molecule has 0 radical (unpaired) electrons. The van der Waals surface area contributed by atoms with Crippen LogP contribution in [0.1, 0.15) is 112 Å². The van der Waals surface area contributed by atoms with Gasteiger partial charge in [0.15, 0.2) is 18.6 Å². The maximum absolute atomic E-state index is 5.18. The lowest BCUT2D eigenvalue weighted by Gasteiger charge is -2.20. The zero-order valence-corrected chi connectivity index (χ0v) is 64.9. The van der Waals surface area contributed by atoms with Crippen molar-refractivity contribution in [1.29, 1.82) is 0 Å². The number of hydrogen-bond donors (Lipinski definition) is 0. The van der Waals surface area contributed by atoms with Crippen LogP contribution >= 0.6 is 0 Å². The van der Waals surface area contributed by atoms with E-state index in [2.05, 4.69) is 386 Å². The lowest BCUT2D eigenvalue weighted by atomic mass is 9.85. The molecule has 0 atom stereocenters. The first kappa shape index (κ1) is 71.2. The first-order valence-electron chi connectivity index (χ1n) is 36.7. The summed E-state index contributed by atoms with van der Waals surface area (Å²) < 4.78 is 13.4. The molecule has 15 rings (SSSR count). The minimum atomic E-state index is 0.454. The summed E-state index contributed by atoms with van der Waals surface area (Å²) in [6.45, 7) is 33.2. The van der Waals surface area contributed by atoms with Gasteiger partial charge < -0.3 is 13.7 Å².